The smallest absolute Gasteiger partial charge is 0.0644 e. The van der Waals surface area contributed by atoms with Crippen molar-refractivity contribution in [1.82, 2.24) is 4.90 Å². The minimum Gasteiger partial charge on any atom is -0.390 e. The zero-order valence-corrected chi connectivity index (χ0v) is 10.5. The molecule has 1 saturated heterocycles. The molecule has 0 bridgehead atoms. The third kappa shape index (κ3) is 3.99. The summed E-state index contributed by atoms with van der Waals surface area (Å²) < 4.78 is 0. The van der Waals surface area contributed by atoms with E-state index in [-0.39, 0.29) is 0 Å². The minimum atomic E-state index is -0.445. The molecule has 0 spiro atoms. The Kier molecular flexibility index (Phi) is 3.97. The van der Waals surface area contributed by atoms with Crippen LogP contribution >= 0.6 is 0 Å². The van der Waals surface area contributed by atoms with E-state index in [9.17, 15) is 5.11 Å². The Balaban J connectivity index is 1.78. The van der Waals surface area contributed by atoms with Gasteiger partial charge >= 0.3 is 0 Å². The van der Waals surface area contributed by atoms with Gasteiger partial charge in [-0.1, -0.05) is 42.5 Å². The molecule has 0 aliphatic carbocycles. The van der Waals surface area contributed by atoms with Crippen molar-refractivity contribution in [1.29, 1.82) is 0 Å². The number of benzene rings is 1. The van der Waals surface area contributed by atoms with Gasteiger partial charge < -0.3 is 5.11 Å². The Hall–Kier alpha value is -1.12. The third-order valence-electron chi connectivity index (χ3n) is 3.41. The van der Waals surface area contributed by atoms with E-state index in [1.807, 2.05) is 13.0 Å². The summed E-state index contributed by atoms with van der Waals surface area (Å²) in [6.07, 6.45) is 6.13. The average Bonchev–Trinajstić information content (AvgIpc) is 2.33. The predicted octanol–water partition coefficient (Wildman–Crippen LogP) is 2.55. The van der Waals surface area contributed by atoms with E-state index >= 15 is 0 Å². The number of hydrogen-bond donors (Lipinski definition) is 1. The predicted molar refractivity (Wildman–Crippen MR) is 71.8 cm³/mol. The lowest BCUT2D eigenvalue weighted by atomic mass is 9.94. The van der Waals surface area contributed by atoms with E-state index in [0.29, 0.717) is 0 Å². The number of nitrogens with zero attached hydrogens (tertiary/aromatic N) is 1. The molecule has 2 rings (SSSR count). The van der Waals surface area contributed by atoms with Crippen LogP contribution in [-0.2, 0) is 0 Å². The van der Waals surface area contributed by atoms with E-state index in [4.69, 9.17) is 0 Å². The number of likely N-dealkylation sites (tertiary alicyclic amines) is 1. The summed E-state index contributed by atoms with van der Waals surface area (Å²) in [6.45, 7) is 4.90. The first-order valence-corrected chi connectivity index (χ1v) is 6.32. The van der Waals surface area contributed by atoms with Gasteiger partial charge in [-0.15, -0.1) is 0 Å². The third-order valence-corrected chi connectivity index (χ3v) is 3.41. The van der Waals surface area contributed by atoms with Gasteiger partial charge in [0, 0.05) is 19.6 Å². The Morgan fingerprint density at radius 1 is 1.24 bits per heavy atom. The maximum absolute atomic E-state index is 9.85. The van der Waals surface area contributed by atoms with Crippen molar-refractivity contribution in [3.05, 3.63) is 42.0 Å². The van der Waals surface area contributed by atoms with Crippen molar-refractivity contribution in [2.24, 2.45) is 0 Å². The first-order valence-electron chi connectivity index (χ1n) is 6.32. The quantitative estimate of drug-likeness (QED) is 0.864. The van der Waals surface area contributed by atoms with Gasteiger partial charge in [-0.05, 0) is 25.3 Å². The van der Waals surface area contributed by atoms with Crippen molar-refractivity contribution >= 4 is 6.08 Å². The molecule has 0 aromatic heterocycles. The summed E-state index contributed by atoms with van der Waals surface area (Å²) in [5, 5.41) is 9.85. The normalized spacial score (nSPS) is 20.8. The molecule has 0 amide bonds. The van der Waals surface area contributed by atoms with E-state index in [1.54, 1.807) is 0 Å². The lowest BCUT2D eigenvalue weighted by Crippen LogP contribution is -2.42. The van der Waals surface area contributed by atoms with Crippen LogP contribution in [0.1, 0.15) is 25.3 Å². The minimum absolute atomic E-state index is 0.445. The van der Waals surface area contributed by atoms with Crippen molar-refractivity contribution < 1.29 is 5.11 Å². The van der Waals surface area contributed by atoms with E-state index in [0.717, 1.165) is 32.5 Å². The largest absolute Gasteiger partial charge is 0.390 e. The fraction of sp³-hybridized carbons (Fsp3) is 0.467. The number of piperidine rings is 1. The summed E-state index contributed by atoms with van der Waals surface area (Å²) in [4.78, 5) is 2.39. The van der Waals surface area contributed by atoms with E-state index in [1.165, 1.54) is 5.56 Å². The number of rotatable bonds is 3. The monoisotopic (exact) mass is 231 g/mol. The average molecular weight is 231 g/mol. The molecule has 17 heavy (non-hydrogen) atoms. The maximum atomic E-state index is 9.85. The molecule has 0 atom stereocenters. The van der Waals surface area contributed by atoms with Crippen LogP contribution in [0.3, 0.4) is 0 Å². The van der Waals surface area contributed by atoms with Gasteiger partial charge in [-0.3, -0.25) is 4.90 Å². The van der Waals surface area contributed by atoms with Crippen LogP contribution in [0, 0.1) is 0 Å². The molecule has 2 nitrogen and oxygen atoms in total. The van der Waals surface area contributed by atoms with Crippen LogP contribution in [-0.4, -0.2) is 35.2 Å². The molecule has 1 aliphatic rings. The Morgan fingerprint density at radius 3 is 2.53 bits per heavy atom. The van der Waals surface area contributed by atoms with E-state index in [2.05, 4.69) is 41.3 Å². The first-order chi connectivity index (χ1) is 8.16. The Bertz CT molecular complexity index is 360. The fourth-order valence-corrected chi connectivity index (χ4v) is 2.12. The first kappa shape index (κ1) is 12.3. The second-order valence-corrected chi connectivity index (χ2v) is 5.11. The highest BCUT2D eigenvalue weighted by molar-refractivity contribution is 5.48. The number of aliphatic hydroxyl groups is 1. The molecule has 0 saturated carbocycles. The summed E-state index contributed by atoms with van der Waals surface area (Å²) in [7, 11) is 0. The van der Waals surface area contributed by atoms with Crippen LogP contribution in [0.25, 0.3) is 6.08 Å². The second-order valence-electron chi connectivity index (χ2n) is 5.11. The molecule has 92 valence electrons. The second kappa shape index (κ2) is 5.48. The Morgan fingerprint density at radius 2 is 1.88 bits per heavy atom. The lowest BCUT2D eigenvalue weighted by molar-refractivity contribution is -0.00241. The summed E-state index contributed by atoms with van der Waals surface area (Å²) in [5.74, 6) is 0. The SMILES string of the molecule is CC1(O)CCN(C/C=C/c2ccccc2)CC1. The van der Waals surface area contributed by atoms with Gasteiger partial charge in [0.2, 0.25) is 0 Å². The zero-order valence-electron chi connectivity index (χ0n) is 10.5. The fourth-order valence-electron chi connectivity index (χ4n) is 2.12. The lowest BCUT2D eigenvalue weighted by Gasteiger charge is -2.35. The highest BCUT2D eigenvalue weighted by atomic mass is 16.3. The molecule has 1 aromatic rings. The topological polar surface area (TPSA) is 23.5 Å². The number of hydrogen-bond acceptors (Lipinski definition) is 2. The van der Waals surface area contributed by atoms with Gasteiger partial charge in [-0.25, -0.2) is 0 Å². The van der Waals surface area contributed by atoms with Gasteiger partial charge in [0.05, 0.1) is 5.60 Å². The van der Waals surface area contributed by atoms with Gasteiger partial charge in [0.1, 0.15) is 0 Å². The van der Waals surface area contributed by atoms with Crippen molar-refractivity contribution in [2.75, 3.05) is 19.6 Å². The van der Waals surface area contributed by atoms with E-state index < -0.39 is 5.60 Å². The summed E-state index contributed by atoms with van der Waals surface area (Å²) >= 11 is 0. The molecular weight excluding hydrogens is 210 g/mol. The molecule has 0 unspecified atom stereocenters. The van der Waals surface area contributed by atoms with Gasteiger partial charge in [0.25, 0.3) is 0 Å². The molecular formula is C15H21NO. The van der Waals surface area contributed by atoms with Crippen LogP contribution in [0.2, 0.25) is 0 Å². The Labute approximate surface area is 104 Å². The highest BCUT2D eigenvalue weighted by Crippen LogP contribution is 2.20. The molecule has 1 aromatic carbocycles. The molecule has 1 aliphatic heterocycles. The van der Waals surface area contributed by atoms with Crippen molar-refractivity contribution in [3.8, 4) is 0 Å². The molecule has 1 fully saturated rings. The van der Waals surface area contributed by atoms with Gasteiger partial charge in [-0.2, -0.15) is 0 Å². The summed E-state index contributed by atoms with van der Waals surface area (Å²) in [5.41, 5.74) is 0.802. The van der Waals surface area contributed by atoms with Crippen molar-refractivity contribution in [3.63, 3.8) is 0 Å². The molecule has 1 heterocycles. The van der Waals surface area contributed by atoms with Gasteiger partial charge in [0.15, 0.2) is 0 Å². The summed E-state index contributed by atoms with van der Waals surface area (Å²) in [6, 6.07) is 10.4. The molecule has 0 radical (unpaired) electrons. The molecule has 2 heteroatoms. The van der Waals surface area contributed by atoms with Crippen LogP contribution in [0.15, 0.2) is 36.4 Å². The van der Waals surface area contributed by atoms with Crippen molar-refractivity contribution in [2.45, 2.75) is 25.4 Å². The highest BCUT2D eigenvalue weighted by Gasteiger charge is 2.26. The van der Waals surface area contributed by atoms with Crippen LogP contribution in [0.4, 0.5) is 0 Å². The molecule has 1 N–H and O–H groups in total. The van der Waals surface area contributed by atoms with Crippen LogP contribution in [0.5, 0.6) is 0 Å². The standard InChI is InChI=1S/C15H21NO/c1-15(17)9-12-16(13-10-15)11-5-8-14-6-3-2-4-7-14/h2-8,17H,9-13H2,1H3/b8-5+. The maximum Gasteiger partial charge on any atom is 0.0644 e. The zero-order chi connectivity index (χ0) is 12.1. The van der Waals surface area contributed by atoms with Crippen LogP contribution < -0.4 is 0 Å².